The Bertz CT molecular complexity index is 1090. The number of hydrogen-bond donors (Lipinski definition) is 2. The maximum absolute atomic E-state index is 13.5. The van der Waals surface area contributed by atoms with Gasteiger partial charge in [-0.3, -0.25) is 14.4 Å². The molecule has 2 unspecified atom stereocenters. The van der Waals surface area contributed by atoms with Gasteiger partial charge < -0.3 is 15.3 Å². The van der Waals surface area contributed by atoms with Crippen molar-refractivity contribution in [1.82, 2.24) is 10.2 Å². The van der Waals surface area contributed by atoms with Crippen LogP contribution in [-0.2, 0) is 16.0 Å². The monoisotopic (exact) mass is 470 g/mol. The lowest BCUT2D eigenvalue weighted by Gasteiger charge is -2.32. The molecule has 180 valence electrons. The molecule has 2 atom stereocenters. The third-order valence-electron chi connectivity index (χ3n) is 6.47. The van der Waals surface area contributed by atoms with Crippen LogP contribution in [0.15, 0.2) is 60.7 Å². The Morgan fingerprint density at radius 1 is 1.18 bits per heavy atom. The van der Waals surface area contributed by atoms with Gasteiger partial charge in [-0.2, -0.15) is 0 Å². The Labute approximate surface area is 197 Å². The first-order valence-corrected chi connectivity index (χ1v) is 11.1. The van der Waals surface area contributed by atoms with Gasteiger partial charge in [-0.05, 0) is 49.4 Å². The first-order chi connectivity index (χ1) is 16.1. The molecule has 2 N–H and O–H groups in total. The molecule has 0 spiro atoms. The topological polar surface area (TPSA) is 86.7 Å². The molecule has 6 nitrogen and oxygen atoms in total. The van der Waals surface area contributed by atoms with Crippen molar-refractivity contribution in [3.63, 3.8) is 0 Å². The van der Waals surface area contributed by atoms with Crippen molar-refractivity contribution < 1.29 is 28.3 Å². The van der Waals surface area contributed by atoms with Crippen molar-refractivity contribution in [2.75, 3.05) is 19.6 Å². The molecule has 0 aliphatic carbocycles. The van der Waals surface area contributed by atoms with Crippen LogP contribution < -0.4 is 5.32 Å². The molecule has 0 bridgehead atoms. The van der Waals surface area contributed by atoms with E-state index in [0.717, 1.165) is 17.7 Å². The SMILES string of the molecule is C=C(C)C1(CC(=O)O)C(=O)N(CCc2ccccc2)CC1CCNC(=O)c1ccc(F)c(F)c1. The Morgan fingerprint density at radius 2 is 1.88 bits per heavy atom. The molecule has 2 amide bonds. The molecule has 34 heavy (non-hydrogen) atoms. The second kappa shape index (κ2) is 10.6. The molecule has 8 heteroatoms. The van der Waals surface area contributed by atoms with Gasteiger partial charge in [0.25, 0.3) is 5.91 Å². The quantitative estimate of drug-likeness (QED) is 0.517. The van der Waals surface area contributed by atoms with Crippen LogP contribution in [0.25, 0.3) is 0 Å². The van der Waals surface area contributed by atoms with E-state index in [1.807, 2.05) is 30.3 Å². The summed E-state index contributed by atoms with van der Waals surface area (Å²) < 4.78 is 26.6. The highest BCUT2D eigenvalue weighted by molar-refractivity contribution is 5.94. The van der Waals surface area contributed by atoms with E-state index >= 15 is 0 Å². The lowest BCUT2D eigenvalue weighted by molar-refractivity contribution is -0.146. The minimum Gasteiger partial charge on any atom is -0.481 e. The zero-order chi connectivity index (χ0) is 24.9. The first kappa shape index (κ1) is 25.1. The fraction of sp³-hybridized carbons (Fsp3) is 0.346. The average Bonchev–Trinajstić information content (AvgIpc) is 3.06. The first-order valence-electron chi connectivity index (χ1n) is 11.1. The summed E-state index contributed by atoms with van der Waals surface area (Å²) in [6.07, 6.45) is 0.569. The van der Waals surface area contributed by atoms with Gasteiger partial charge in [0.15, 0.2) is 11.6 Å². The summed E-state index contributed by atoms with van der Waals surface area (Å²) >= 11 is 0. The molecule has 1 saturated heterocycles. The minimum atomic E-state index is -1.27. The zero-order valence-corrected chi connectivity index (χ0v) is 19.0. The third-order valence-corrected chi connectivity index (χ3v) is 6.47. The molecule has 0 radical (unpaired) electrons. The van der Waals surface area contributed by atoms with Crippen LogP contribution in [0.2, 0.25) is 0 Å². The van der Waals surface area contributed by atoms with E-state index in [1.165, 1.54) is 6.07 Å². The smallest absolute Gasteiger partial charge is 0.304 e. The number of aliphatic carboxylic acids is 1. The maximum Gasteiger partial charge on any atom is 0.304 e. The molecule has 2 aromatic carbocycles. The maximum atomic E-state index is 13.5. The van der Waals surface area contributed by atoms with E-state index < -0.39 is 28.9 Å². The number of carboxylic acid groups (broad SMARTS) is 1. The third kappa shape index (κ3) is 5.32. The van der Waals surface area contributed by atoms with E-state index in [9.17, 15) is 28.3 Å². The van der Waals surface area contributed by atoms with Gasteiger partial charge in [-0.15, -0.1) is 0 Å². The summed E-state index contributed by atoms with van der Waals surface area (Å²) in [4.78, 5) is 39.2. The average molecular weight is 471 g/mol. The van der Waals surface area contributed by atoms with E-state index in [1.54, 1.807) is 11.8 Å². The van der Waals surface area contributed by atoms with Crippen LogP contribution in [0.1, 0.15) is 35.7 Å². The van der Waals surface area contributed by atoms with Gasteiger partial charge in [0.2, 0.25) is 5.91 Å². The van der Waals surface area contributed by atoms with Gasteiger partial charge in [0.05, 0.1) is 11.8 Å². The van der Waals surface area contributed by atoms with Crippen molar-refractivity contribution >= 4 is 17.8 Å². The van der Waals surface area contributed by atoms with Crippen molar-refractivity contribution in [3.05, 3.63) is 83.4 Å². The standard InChI is InChI=1S/C26H28F2N2O4/c1-17(2)26(15-23(31)32)20(10-12-29-24(33)19-8-9-21(27)22(28)14-19)16-30(25(26)34)13-11-18-6-4-3-5-7-18/h3-9,14,20H,1,10-13,15-16H2,2H3,(H,29,33)(H,31,32). The predicted molar refractivity (Wildman–Crippen MR) is 123 cm³/mol. The number of halogens is 2. The second-order valence-corrected chi connectivity index (χ2v) is 8.68. The lowest BCUT2D eigenvalue weighted by atomic mass is 9.69. The highest BCUT2D eigenvalue weighted by atomic mass is 19.2. The molecule has 1 heterocycles. The van der Waals surface area contributed by atoms with Crippen molar-refractivity contribution in [2.45, 2.75) is 26.2 Å². The lowest BCUT2D eigenvalue weighted by Crippen LogP contribution is -2.40. The summed E-state index contributed by atoms with van der Waals surface area (Å²) in [5, 5.41) is 12.2. The van der Waals surface area contributed by atoms with Gasteiger partial charge in [0.1, 0.15) is 0 Å². The number of nitrogens with zero attached hydrogens (tertiary/aromatic N) is 1. The van der Waals surface area contributed by atoms with Crippen molar-refractivity contribution in [1.29, 1.82) is 0 Å². The summed E-state index contributed by atoms with van der Waals surface area (Å²) in [7, 11) is 0. The van der Waals surface area contributed by atoms with Gasteiger partial charge in [0, 0.05) is 25.2 Å². The Kier molecular flexibility index (Phi) is 7.81. The summed E-state index contributed by atoms with van der Waals surface area (Å²) in [6.45, 7) is 6.53. The van der Waals surface area contributed by atoms with Crippen molar-refractivity contribution in [3.8, 4) is 0 Å². The summed E-state index contributed by atoms with van der Waals surface area (Å²) in [5.74, 6) is -4.49. The minimum absolute atomic E-state index is 0.0254. The van der Waals surface area contributed by atoms with Gasteiger partial charge in [-0.25, -0.2) is 8.78 Å². The number of hydrogen-bond acceptors (Lipinski definition) is 3. The molecule has 1 aliphatic heterocycles. The number of carbonyl (C=O) groups is 3. The molecule has 1 aliphatic rings. The van der Waals surface area contributed by atoms with Crippen molar-refractivity contribution in [2.24, 2.45) is 11.3 Å². The number of nitrogens with one attached hydrogen (secondary N) is 1. The second-order valence-electron chi connectivity index (χ2n) is 8.68. The number of carboxylic acids is 1. The fourth-order valence-corrected chi connectivity index (χ4v) is 4.64. The molecule has 3 rings (SSSR count). The molecule has 0 aromatic heterocycles. The largest absolute Gasteiger partial charge is 0.481 e. The highest BCUT2D eigenvalue weighted by Crippen LogP contribution is 2.47. The predicted octanol–water partition coefficient (Wildman–Crippen LogP) is 3.82. The van der Waals surface area contributed by atoms with Crippen LogP contribution in [0.5, 0.6) is 0 Å². The van der Waals surface area contributed by atoms with E-state index in [-0.39, 0.29) is 30.4 Å². The van der Waals surface area contributed by atoms with E-state index in [2.05, 4.69) is 11.9 Å². The van der Waals surface area contributed by atoms with E-state index in [4.69, 9.17) is 0 Å². The molecule has 2 aromatic rings. The highest BCUT2D eigenvalue weighted by Gasteiger charge is 2.55. The number of amides is 2. The fourth-order valence-electron chi connectivity index (χ4n) is 4.64. The Hall–Kier alpha value is -3.55. The number of likely N-dealkylation sites (tertiary alicyclic amines) is 1. The Morgan fingerprint density at radius 3 is 2.50 bits per heavy atom. The van der Waals surface area contributed by atoms with Gasteiger partial charge >= 0.3 is 5.97 Å². The number of rotatable bonds is 10. The molecule has 0 saturated carbocycles. The zero-order valence-electron chi connectivity index (χ0n) is 19.0. The Balaban J connectivity index is 1.73. The number of carbonyl (C=O) groups excluding carboxylic acids is 2. The summed E-state index contributed by atoms with van der Waals surface area (Å²) in [6, 6.07) is 12.6. The van der Waals surface area contributed by atoms with E-state index in [0.29, 0.717) is 31.5 Å². The number of benzene rings is 2. The normalized spacial score (nSPS) is 19.8. The molecular formula is C26H28F2N2O4. The van der Waals surface area contributed by atoms with Crippen LogP contribution in [-0.4, -0.2) is 47.4 Å². The molecule has 1 fully saturated rings. The van der Waals surface area contributed by atoms with Gasteiger partial charge in [-0.1, -0.05) is 42.5 Å². The van der Waals surface area contributed by atoms with Crippen LogP contribution in [0.3, 0.4) is 0 Å². The van der Waals surface area contributed by atoms with Crippen LogP contribution >= 0.6 is 0 Å². The molecular weight excluding hydrogens is 442 g/mol. The van der Waals surface area contributed by atoms with Crippen LogP contribution in [0, 0.1) is 23.0 Å². The summed E-state index contributed by atoms with van der Waals surface area (Å²) in [5.41, 5.74) is 0.244. The van der Waals surface area contributed by atoms with Crippen LogP contribution in [0.4, 0.5) is 8.78 Å².